The zero-order valence-electron chi connectivity index (χ0n) is 17.6. The van der Waals surface area contributed by atoms with Crippen LogP contribution in [0.15, 0.2) is 42.6 Å². The molecule has 8 heteroatoms. The Bertz CT molecular complexity index is 1100. The number of anilines is 2. The first-order valence-electron chi connectivity index (χ1n) is 10.1. The van der Waals surface area contributed by atoms with Gasteiger partial charge in [-0.1, -0.05) is 13.8 Å². The first-order chi connectivity index (χ1) is 15.0. The number of carbonyl (C=O) groups is 2. The molecular weight excluding hydrogens is 417 g/mol. The lowest BCUT2D eigenvalue weighted by molar-refractivity contribution is 0.0527. The van der Waals surface area contributed by atoms with E-state index < -0.39 is 11.8 Å². The number of fused-ring (bicyclic) bond motifs is 3. The number of esters is 1. The van der Waals surface area contributed by atoms with Gasteiger partial charge in [-0.25, -0.2) is 9.18 Å². The van der Waals surface area contributed by atoms with Gasteiger partial charge < -0.3 is 15.4 Å². The average Bonchev–Trinajstić information content (AvgIpc) is 3.02. The van der Waals surface area contributed by atoms with E-state index >= 15 is 4.39 Å². The van der Waals surface area contributed by atoms with Crippen molar-refractivity contribution >= 4 is 34.6 Å². The van der Waals surface area contributed by atoms with Gasteiger partial charge in [0.25, 0.3) is 5.91 Å². The lowest BCUT2D eigenvalue weighted by Gasteiger charge is -2.22. The molecule has 4 rings (SSSR count). The van der Waals surface area contributed by atoms with Crippen molar-refractivity contribution < 1.29 is 18.7 Å². The Kier molecular flexibility index (Phi) is 7.02. The molecule has 2 aromatic heterocycles. The van der Waals surface area contributed by atoms with Crippen LogP contribution < -0.4 is 10.6 Å². The largest absolute Gasteiger partial charge is 0.462 e. The van der Waals surface area contributed by atoms with Crippen molar-refractivity contribution in [1.82, 2.24) is 4.98 Å². The van der Waals surface area contributed by atoms with E-state index in [-0.39, 0.29) is 30.4 Å². The highest BCUT2D eigenvalue weighted by Gasteiger charge is 2.32. The van der Waals surface area contributed by atoms with Crippen molar-refractivity contribution in [2.24, 2.45) is 0 Å². The molecule has 0 aliphatic carbocycles. The SMILES string of the molecule is CC.CCOC(=O)c1sc2c(c1F)CCN(C(=O)c1ccc(N)cc1)c1cccnc1-2. The topological polar surface area (TPSA) is 85.5 Å². The summed E-state index contributed by atoms with van der Waals surface area (Å²) in [5, 5.41) is 0. The number of ether oxygens (including phenoxy) is 1. The normalized spacial score (nSPS) is 12.1. The molecule has 31 heavy (non-hydrogen) atoms. The Balaban J connectivity index is 0.00000132. The van der Waals surface area contributed by atoms with Crippen LogP contribution in [0.3, 0.4) is 0 Å². The Morgan fingerprint density at radius 3 is 2.61 bits per heavy atom. The fourth-order valence-electron chi connectivity index (χ4n) is 3.31. The quantitative estimate of drug-likeness (QED) is 0.460. The average molecular weight is 442 g/mol. The van der Waals surface area contributed by atoms with Crippen LogP contribution in [0.25, 0.3) is 10.6 Å². The predicted molar refractivity (Wildman–Crippen MR) is 121 cm³/mol. The summed E-state index contributed by atoms with van der Waals surface area (Å²) in [6.07, 6.45) is 1.84. The number of pyridine rings is 1. The van der Waals surface area contributed by atoms with Crippen LogP contribution in [0.1, 0.15) is 46.4 Å². The first-order valence-corrected chi connectivity index (χ1v) is 10.9. The number of benzene rings is 1. The third-order valence-corrected chi connectivity index (χ3v) is 5.88. The number of amides is 1. The predicted octanol–water partition coefficient (Wildman–Crippen LogP) is 4.94. The molecule has 0 spiro atoms. The van der Waals surface area contributed by atoms with Crippen LogP contribution in [0.2, 0.25) is 0 Å². The van der Waals surface area contributed by atoms with Gasteiger partial charge in [0.1, 0.15) is 10.6 Å². The molecule has 0 atom stereocenters. The Morgan fingerprint density at radius 2 is 1.94 bits per heavy atom. The van der Waals surface area contributed by atoms with Crippen LogP contribution >= 0.6 is 11.3 Å². The Labute approximate surface area is 184 Å². The smallest absolute Gasteiger partial charge is 0.351 e. The molecule has 0 saturated carbocycles. The third kappa shape index (κ3) is 4.29. The second-order valence-electron chi connectivity index (χ2n) is 6.47. The molecule has 1 aliphatic heterocycles. The van der Waals surface area contributed by atoms with E-state index in [4.69, 9.17) is 10.5 Å². The molecule has 2 N–H and O–H groups in total. The van der Waals surface area contributed by atoms with Gasteiger partial charge in [0.05, 0.1) is 17.2 Å². The Hall–Kier alpha value is -3.26. The molecule has 3 aromatic rings. The maximum Gasteiger partial charge on any atom is 0.351 e. The molecule has 0 fully saturated rings. The second-order valence-corrected chi connectivity index (χ2v) is 7.49. The standard InChI is InChI=1S/C21H18FN3O3S.C2H6/c1-2-28-21(27)19-16(22)14-9-11-25(20(26)12-5-7-13(23)8-6-12)15-4-3-10-24-17(15)18(14)29-19;1-2/h3-8,10H,2,9,11,23H2,1H3;1-2H3. The van der Waals surface area contributed by atoms with Gasteiger partial charge in [-0.15, -0.1) is 11.3 Å². The summed E-state index contributed by atoms with van der Waals surface area (Å²) in [5.41, 5.74) is 8.19. The van der Waals surface area contributed by atoms with Crippen molar-refractivity contribution in [3.63, 3.8) is 0 Å². The minimum atomic E-state index is -0.685. The fourth-order valence-corrected chi connectivity index (χ4v) is 4.44. The maximum absolute atomic E-state index is 15.0. The third-order valence-electron chi connectivity index (χ3n) is 4.68. The number of aromatic nitrogens is 1. The summed E-state index contributed by atoms with van der Waals surface area (Å²) in [6, 6.07) is 10.1. The van der Waals surface area contributed by atoms with Gasteiger partial charge >= 0.3 is 5.97 Å². The van der Waals surface area contributed by atoms with E-state index in [0.717, 1.165) is 11.3 Å². The second kappa shape index (κ2) is 9.70. The molecule has 1 aliphatic rings. The summed E-state index contributed by atoms with van der Waals surface area (Å²) in [6.45, 7) is 6.09. The van der Waals surface area contributed by atoms with E-state index in [9.17, 15) is 9.59 Å². The molecule has 162 valence electrons. The number of rotatable bonds is 3. The van der Waals surface area contributed by atoms with E-state index in [1.165, 1.54) is 0 Å². The van der Waals surface area contributed by atoms with Crippen LogP contribution in [-0.4, -0.2) is 30.0 Å². The zero-order chi connectivity index (χ0) is 22.5. The van der Waals surface area contributed by atoms with E-state index in [2.05, 4.69) is 4.98 Å². The highest BCUT2D eigenvalue weighted by atomic mass is 32.1. The van der Waals surface area contributed by atoms with E-state index in [1.54, 1.807) is 54.4 Å². The van der Waals surface area contributed by atoms with Gasteiger partial charge in [0.2, 0.25) is 0 Å². The number of thiophene rings is 1. The van der Waals surface area contributed by atoms with Crippen LogP contribution in [0.4, 0.5) is 15.8 Å². The molecule has 1 amide bonds. The van der Waals surface area contributed by atoms with Crippen molar-refractivity contribution in [2.75, 3.05) is 23.8 Å². The minimum absolute atomic E-state index is 0.0632. The van der Waals surface area contributed by atoms with Crippen LogP contribution in [0.5, 0.6) is 0 Å². The van der Waals surface area contributed by atoms with Crippen molar-refractivity contribution in [1.29, 1.82) is 0 Å². The van der Waals surface area contributed by atoms with E-state index in [1.807, 2.05) is 13.8 Å². The number of carbonyl (C=O) groups excluding carboxylic acids is 2. The molecule has 1 aromatic carbocycles. The number of halogens is 1. The minimum Gasteiger partial charge on any atom is -0.462 e. The summed E-state index contributed by atoms with van der Waals surface area (Å²) in [5.74, 6) is -1.50. The van der Waals surface area contributed by atoms with Crippen molar-refractivity contribution in [3.05, 3.63) is 64.4 Å². The van der Waals surface area contributed by atoms with Gasteiger partial charge in [-0.3, -0.25) is 9.78 Å². The lowest BCUT2D eigenvalue weighted by Crippen LogP contribution is -2.32. The molecule has 0 radical (unpaired) electrons. The number of nitrogen functional groups attached to an aromatic ring is 1. The summed E-state index contributed by atoms with van der Waals surface area (Å²) in [7, 11) is 0. The molecule has 3 heterocycles. The molecule has 0 bridgehead atoms. The van der Waals surface area contributed by atoms with Crippen molar-refractivity contribution in [2.45, 2.75) is 27.2 Å². The maximum atomic E-state index is 15.0. The fraction of sp³-hybridized carbons (Fsp3) is 0.261. The zero-order valence-corrected chi connectivity index (χ0v) is 18.5. The lowest BCUT2D eigenvalue weighted by atomic mass is 10.1. The summed E-state index contributed by atoms with van der Waals surface area (Å²) < 4.78 is 20.0. The Morgan fingerprint density at radius 1 is 1.23 bits per heavy atom. The number of nitrogens with two attached hydrogens (primary N) is 1. The number of nitrogens with zero attached hydrogens (tertiary/aromatic N) is 2. The number of hydrogen-bond donors (Lipinski definition) is 1. The van der Waals surface area contributed by atoms with Gasteiger partial charge in [-0.05, 0) is 49.7 Å². The summed E-state index contributed by atoms with van der Waals surface area (Å²) >= 11 is 1.01. The molecule has 0 unspecified atom stereocenters. The number of hydrogen-bond acceptors (Lipinski definition) is 6. The highest BCUT2D eigenvalue weighted by Crippen LogP contribution is 2.42. The first kappa shape index (κ1) is 22.4. The molecule has 6 nitrogen and oxygen atoms in total. The van der Waals surface area contributed by atoms with Gasteiger partial charge in [0.15, 0.2) is 5.82 Å². The monoisotopic (exact) mass is 441 g/mol. The van der Waals surface area contributed by atoms with Crippen LogP contribution in [0, 0.1) is 5.82 Å². The van der Waals surface area contributed by atoms with Gasteiger partial charge in [-0.2, -0.15) is 0 Å². The van der Waals surface area contributed by atoms with Crippen molar-refractivity contribution in [3.8, 4) is 10.6 Å². The van der Waals surface area contributed by atoms with E-state index in [0.29, 0.717) is 33.1 Å². The highest BCUT2D eigenvalue weighted by molar-refractivity contribution is 7.17. The van der Waals surface area contributed by atoms with Gasteiger partial charge in [0, 0.05) is 29.6 Å². The summed E-state index contributed by atoms with van der Waals surface area (Å²) in [4.78, 5) is 31.7. The molecular formula is C23H24FN3O3S. The van der Waals surface area contributed by atoms with Crippen LogP contribution in [-0.2, 0) is 11.2 Å². The molecule has 0 saturated heterocycles.